The fourth-order valence-corrected chi connectivity index (χ4v) is 9.51. The molecule has 0 aliphatic carbocycles. The summed E-state index contributed by atoms with van der Waals surface area (Å²) in [7, 11) is 0. The number of unbranched alkanes of at least 4 members (excludes halogenated alkanes) is 1. The molecule has 19 heteroatoms. The highest BCUT2D eigenvalue weighted by Gasteiger charge is 2.45. The van der Waals surface area contributed by atoms with E-state index in [0.717, 1.165) is 34.1 Å². The Labute approximate surface area is 430 Å². The number of benzene rings is 4. The number of alkyl halides is 6. The minimum absolute atomic E-state index is 0.00800. The fraction of sp³-hybridized carbons (Fsp3) is 0.321. The first kappa shape index (κ1) is 54.5. The van der Waals surface area contributed by atoms with Crippen LogP contribution in [-0.4, -0.2) is 71.5 Å². The second-order valence-electron chi connectivity index (χ2n) is 17.9. The molecule has 0 N–H and O–H groups in total. The lowest BCUT2D eigenvalue weighted by Gasteiger charge is -2.43. The van der Waals surface area contributed by atoms with Crippen molar-refractivity contribution in [3.63, 3.8) is 0 Å². The Hall–Kier alpha value is -8.32. The van der Waals surface area contributed by atoms with Gasteiger partial charge in [0.25, 0.3) is 0 Å². The Morgan fingerprint density at radius 3 is 1.39 bits per heavy atom. The molecule has 3 aliphatic rings. The number of carbonyl (C=O) groups is 4. The van der Waals surface area contributed by atoms with Gasteiger partial charge in [0.2, 0.25) is 0 Å². The maximum absolute atomic E-state index is 14.6. The standard InChI is InChI=1S/C56H53F6N7O6/c1-5-74-51(70)47-36(3)68(45-15-9-13-43(32-45)55(57,58)59)53(72)66(49(47)41-21-17-39(34-63)18-22-41)28-8-7-12-38-25-30-65(31-26-38)27-11-29-67-50(42-23-19-40(35-64)20-24-42)48(52(71)75-6-2)37(4)69(54(67)73)46-16-10-14-44(33-46)56(60,61)62/h9-10,13-26,30-33,38,49-50H,5-8,11-12,27-29H2,1-4H3. The van der Waals surface area contributed by atoms with Gasteiger partial charge in [0.15, 0.2) is 0 Å². The molecule has 75 heavy (non-hydrogen) atoms. The molecule has 0 radical (unpaired) electrons. The highest BCUT2D eigenvalue weighted by atomic mass is 19.4. The van der Waals surface area contributed by atoms with E-state index in [0.29, 0.717) is 54.5 Å². The van der Waals surface area contributed by atoms with Crippen molar-refractivity contribution in [1.82, 2.24) is 14.7 Å². The predicted octanol–water partition coefficient (Wildman–Crippen LogP) is 12.3. The molecule has 3 heterocycles. The molecule has 7 rings (SSSR count). The summed E-state index contributed by atoms with van der Waals surface area (Å²) in [6.45, 7) is 6.71. The van der Waals surface area contributed by atoms with Crippen LogP contribution in [0.4, 0.5) is 47.3 Å². The summed E-state index contributed by atoms with van der Waals surface area (Å²) in [4.78, 5) is 63.8. The first-order valence-corrected chi connectivity index (χ1v) is 24.2. The Morgan fingerprint density at radius 2 is 1.00 bits per heavy atom. The van der Waals surface area contributed by atoms with Crippen LogP contribution in [0.2, 0.25) is 0 Å². The number of hydrogen-bond acceptors (Lipinski definition) is 9. The fourth-order valence-electron chi connectivity index (χ4n) is 9.51. The molecular weight excluding hydrogens is 981 g/mol. The number of ether oxygens (including phenoxy) is 2. The van der Waals surface area contributed by atoms with Gasteiger partial charge in [-0.25, -0.2) is 19.2 Å². The zero-order chi connectivity index (χ0) is 54.2. The number of allylic oxidation sites excluding steroid dienone is 4. The third-order valence-corrected chi connectivity index (χ3v) is 13.1. The van der Waals surface area contributed by atoms with Crippen molar-refractivity contribution in [3.8, 4) is 12.1 Å². The molecule has 3 aliphatic heterocycles. The van der Waals surface area contributed by atoms with Gasteiger partial charge in [-0.2, -0.15) is 36.9 Å². The minimum Gasteiger partial charge on any atom is -0.463 e. The van der Waals surface area contributed by atoms with Gasteiger partial charge in [0.05, 0.1) is 82.2 Å². The van der Waals surface area contributed by atoms with E-state index >= 15 is 0 Å². The first-order chi connectivity index (χ1) is 35.8. The summed E-state index contributed by atoms with van der Waals surface area (Å²) in [5.41, 5.74) is -0.159. The summed E-state index contributed by atoms with van der Waals surface area (Å²) in [5, 5.41) is 19.0. The second-order valence-corrected chi connectivity index (χ2v) is 17.9. The number of nitriles is 2. The van der Waals surface area contributed by atoms with E-state index in [2.05, 4.69) is 12.1 Å². The maximum Gasteiger partial charge on any atom is 0.416 e. The summed E-state index contributed by atoms with van der Waals surface area (Å²) in [6, 6.07) is 22.1. The molecule has 0 aromatic heterocycles. The molecule has 0 spiro atoms. The van der Waals surface area contributed by atoms with Gasteiger partial charge in [0, 0.05) is 43.4 Å². The van der Waals surface area contributed by atoms with Gasteiger partial charge in [-0.05, 0) is 125 Å². The van der Waals surface area contributed by atoms with E-state index in [1.807, 2.05) is 29.5 Å². The second kappa shape index (κ2) is 23.3. The molecule has 0 bridgehead atoms. The number of esters is 2. The summed E-state index contributed by atoms with van der Waals surface area (Å²) in [6.07, 6.45) is 0.287. The van der Waals surface area contributed by atoms with Crippen molar-refractivity contribution in [2.24, 2.45) is 5.92 Å². The average Bonchev–Trinajstić information content (AvgIpc) is 3.39. The third kappa shape index (κ3) is 12.0. The van der Waals surface area contributed by atoms with Crippen LogP contribution >= 0.6 is 0 Å². The van der Waals surface area contributed by atoms with E-state index in [1.54, 1.807) is 62.4 Å². The summed E-state index contributed by atoms with van der Waals surface area (Å²) in [5.74, 6) is -1.55. The minimum atomic E-state index is -4.71. The number of halogens is 6. The van der Waals surface area contributed by atoms with E-state index in [9.17, 15) is 56.0 Å². The lowest BCUT2D eigenvalue weighted by molar-refractivity contribution is -0.140. The van der Waals surface area contributed by atoms with Crippen molar-refractivity contribution in [3.05, 3.63) is 178 Å². The maximum atomic E-state index is 14.6. The van der Waals surface area contributed by atoms with Crippen LogP contribution in [-0.2, 0) is 31.4 Å². The Kier molecular flexibility index (Phi) is 16.9. The normalized spacial score (nSPS) is 17.4. The van der Waals surface area contributed by atoms with E-state index < -0.39 is 59.6 Å². The van der Waals surface area contributed by atoms with Gasteiger partial charge >= 0.3 is 36.4 Å². The summed E-state index contributed by atoms with van der Waals surface area (Å²) < 4.78 is 94.5. The van der Waals surface area contributed by atoms with Crippen molar-refractivity contribution in [2.75, 3.05) is 42.6 Å². The Balaban J connectivity index is 1.07. The highest BCUT2D eigenvalue weighted by Crippen LogP contribution is 2.44. The largest absolute Gasteiger partial charge is 0.463 e. The van der Waals surface area contributed by atoms with Crippen molar-refractivity contribution >= 4 is 35.4 Å². The van der Waals surface area contributed by atoms with Gasteiger partial charge < -0.3 is 24.2 Å². The summed E-state index contributed by atoms with van der Waals surface area (Å²) >= 11 is 0. The predicted molar refractivity (Wildman–Crippen MR) is 265 cm³/mol. The molecule has 2 atom stereocenters. The van der Waals surface area contributed by atoms with E-state index in [-0.39, 0.29) is 66.1 Å². The molecule has 390 valence electrons. The van der Waals surface area contributed by atoms with Crippen molar-refractivity contribution < 1.29 is 55.0 Å². The first-order valence-electron chi connectivity index (χ1n) is 24.2. The topological polar surface area (TPSA) is 151 Å². The smallest absolute Gasteiger partial charge is 0.416 e. The molecule has 13 nitrogen and oxygen atoms in total. The van der Waals surface area contributed by atoms with Crippen molar-refractivity contribution in [1.29, 1.82) is 10.5 Å². The highest BCUT2D eigenvalue weighted by molar-refractivity contribution is 6.04. The van der Waals surface area contributed by atoms with Crippen LogP contribution < -0.4 is 9.80 Å². The lowest BCUT2D eigenvalue weighted by atomic mass is 9.91. The van der Waals surface area contributed by atoms with Crippen molar-refractivity contribution in [2.45, 2.75) is 77.8 Å². The Morgan fingerprint density at radius 1 is 0.587 bits per heavy atom. The molecule has 2 unspecified atom stereocenters. The number of amides is 4. The number of rotatable bonds is 17. The third-order valence-electron chi connectivity index (χ3n) is 13.1. The van der Waals surface area contributed by atoms with Crippen LogP contribution in [0.1, 0.15) is 98.8 Å². The molecule has 4 amide bonds. The number of nitrogens with zero attached hydrogens (tertiary/aromatic N) is 7. The zero-order valence-corrected chi connectivity index (χ0v) is 41.5. The van der Waals surface area contributed by atoms with E-state index in [1.165, 1.54) is 47.9 Å². The average molecular weight is 1030 g/mol. The van der Waals surface area contributed by atoms with Gasteiger partial charge in [-0.3, -0.25) is 9.80 Å². The molecule has 4 aromatic carbocycles. The molecule has 0 saturated carbocycles. The number of anilines is 2. The quantitative estimate of drug-likeness (QED) is 0.0572. The van der Waals surface area contributed by atoms with Crippen LogP contribution in [0.5, 0.6) is 0 Å². The van der Waals surface area contributed by atoms with Crippen LogP contribution in [0.3, 0.4) is 0 Å². The van der Waals surface area contributed by atoms with Crippen LogP contribution in [0, 0.1) is 28.6 Å². The van der Waals surface area contributed by atoms with Crippen LogP contribution in [0.25, 0.3) is 0 Å². The number of carbonyl (C=O) groups excluding carboxylic acids is 4. The monoisotopic (exact) mass is 1030 g/mol. The van der Waals surface area contributed by atoms with E-state index in [4.69, 9.17) is 9.47 Å². The molecule has 0 saturated heterocycles. The molecular formula is C56H53F6N7O6. The van der Waals surface area contributed by atoms with Gasteiger partial charge in [-0.15, -0.1) is 0 Å². The number of hydrogen-bond donors (Lipinski definition) is 0. The SMILES string of the molecule is CCOC(=O)C1=C(C)N(c2cccc(C(F)(F)F)c2)C(=O)N(CCCCC2C=CN(CCCN3C(=O)N(c4cccc(C(F)(F)F)c4)C(C)=C(C(=O)OCC)C3c3ccc(C#N)cc3)C=C2)C1c1ccc(C#N)cc1. The van der Waals surface area contributed by atoms with Crippen LogP contribution in [0.15, 0.2) is 144 Å². The molecule has 0 fully saturated rings. The van der Waals surface area contributed by atoms with Gasteiger partial charge in [-0.1, -0.05) is 55.0 Å². The lowest BCUT2D eigenvalue weighted by Crippen LogP contribution is -2.51. The number of urea groups is 2. The molecule has 4 aromatic rings. The van der Waals surface area contributed by atoms with Gasteiger partial charge in [0.1, 0.15) is 0 Å². The Bertz CT molecular complexity index is 2990. The zero-order valence-electron chi connectivity index (χ0n) is 41.5.